The average molecular weight is 313 g/mol. The van der Waals surface area contributed by atoms with Gasteiger partial charge in [0.05, 0.1) is 11.3 Å². The minimum atomic E-state index is -0.113. The molecule has 6 nitrogen and oxygen atoms in total. The predicted octanol–water partition coefficient (Wildman–Crippen LogP) is 1.71. The molecule has 1 atom stereocenters. The maximum absolute atomic E-state index is 12.6. The molecule has 3 heterocycles. The van der Waals surface area contributed by atoms with Gasteiger partial charge in [-0.15, -0.1) is 0 Å². The van der Waals surface area contributed by atoms with Crippen molar-refractivity contribution in [3.8, 4) is 11.5 Å². The molecule has 1 aromatic heterocycles. The van der Waals surface area contributed by atoms with E-state index in [4.69, 9.17) is 9.47 Å². The van der Waals surface area contributed by atoms with Crippen LogP contribution in [-0.4, -0.2) is 34.7 Å². The number of aryl methyl sites for hydroxylation is 2. The minimum Gasteiger partial charge on any atom is -0.486 e. The van der Waals surface area contributed by atoms with Gasteiger partial charge < -0.3 is 19.4 Å². The lowest BCUT2D eigenvalue weighted by Gasteiger charge is -2.26. The molecule has 6 heteroatoms. The summed E-state index contributed by atoms with van der Waals surface area (Å²) in [6.45, 7) is 3.74. The number of carbonyl (C=O) groups is 1. The zero-order valence-electron chi connectivity index (χ0n) is 13.0. The fraction of sp³-hybridized carbons (Fsp3) is 0.412. The van der Waals surface area contributed by atoms with E-state index in [2.05, 4.69) is 14.9 Å². The molecule has 0 saturated carbocycles. The van der Waals surface area contributed by atoms with Crippen LogP contribution in [0.5, 0.6) is 11.5 Å². The molecular formula is C17H19N3O3. The van der Waals surface area contributed by atoms with Crippen molar-refractivity contribution in [2.24, 2.45) is 0 Å². The van der Waals surface area contributed by atoms with Crippen LogP contribution in [0.3, 0.4) is 0 Å². The number of para-hydroxylation sites is 1. The van der Waals surface area contributed by atoms with Crippen LogP contribution < -0.4 is 14.8 Å². The maximum atomic E-state index is 12.6. The largest absolute Gasteiger partial charge is 0.486 e. The van der Waals surface area contributed by atoms with Gasteiger partial charge in [-0.1, -0.05) is 6.07 Å². The Kier molecular flexibility index (Phi) is 3.44. The summed E-state index contributed by atoms with van der Waals surface area (Å²) in [4.78, 5) is 17.1. The third-order valence-electron chi connectivity index (χ3n) is 4.26. The van der Waals surface area contributed by atoms with Crippen molar-refractivity contribution in [3.63, 3.8) is 0 Å². The highest BCUT2D eigenvalue weighted by Gasteiger charge is 2.25. The standard InChI is InChI=1S/C17H19N3O3/c1-11-9-20-10-12(5-6-15(20)18-11)19-17(21)13-3-2-4-14-16(13)23-8-7-22-14/h2-4,9,12H,5-8,10H2,1H3,(H,19,21)/t12-/m1/s1. The number of hydrogen-bond donors (Lipinski definition) is 1. The van der Waals surface area contributed by atoms with Gasteiger partial charge in [-0.3, -0.25) is 4.79 Å². The fourth-order valence-electron chi connectivity index (χ4n) is 3.22. The average Bonchev–Trinajstić information content (AvgIpc) is 2.93. The molecule has 1 N–H and O–H groups in total. The monoisotopic (exact) mass is 313 g/mol. The zero-order valence-corrected chi connectivity index (χ0v) is 13.0. The first kappa shape index (κ1) is 14.1. The van der Waals surface area contributed by atoms with Crippen molar-refractivity contribution in [2.75, 3.05) is 13.2 Å². The fourth-order valence-corrected chi connectivity index (χ4v) is 3.22. The Labute approximate surface area is 134 Å². The van der Waals surface area contributed by atoms with E-state index in [-0.39, 0.29) is 11.9 Å². The Hall–Kier alpha value is -2.50. The molecule has 1 amide bonds. The van der Waals surface area contributed by atoms with Crippen LogP contribution in [0.4, 0.5) is 0 Å². The summed E-state index contributed by atoms with van der Waals surface area (Å²) in [5, 5.41) is 3.11. The molecule has 4 rings (SSSR count). The van der Waals surface area contributed by atoms with Crippen molar-refractivity contribution in [1.29, 1.82) is 0 Å². The van der Waals surface area contributed by atoms with Gasteiger partial charge in [-0.2, -0.15) is 0 Å². The quantitative estimate of drug-likeness (QED) is 0.916. The lowest BCUT2D eigenvalue weighted by atomic mass is 10.1. The van der Waals surface area contributed by atoms with E-state index >= 15 is 0 Å². The van der Waals surface area contributed by atoms with Crippen LogP contribution in [0, 0.1) is 6.92 Å². The number of imidazole rings is 1. The molecule has 23 heavy (non-hydrogen) atoms. The van der Waals surface area contributed by atoms with Crippen molar-refractivity contribution in [2.45, 2.75) is 32.4 Å². The van der Waals surface area contributed by atoms with Gasteiger partial charge >= 0.3 is 0 Å². The number of fused-ring (bicyclic) bond motifs is 2. The van der Waals surface area contributed by atoms with E-state index in [1.165, 1.54) is 0 Å². The Balaban J connectivity index is 1.51. The Morgan fingerprint density at radius 1 is 1.35 bits per heavy atom. The van der Waals surface area contributed by atoms with Crippen LogP contribution >= 0.6 is 0 Å². The Morgan fingerprint density at radius 3 is 3.13 bits per heavy atom. The van der Waals surface area contributed by atoms with Gasteiger partial charge in [-0.05, 0) is 25.5 Å². The summed E-state index contributed by atoms with van der Waals surface area (Å²) >= 11 is 0. The normalized spacial score (nSPS) is 19.1. The summed E-state index contributed by atoms with van der Waals surface area (Å²) in [5.41, 5.74) is 1.56. The van der Waals surface area contributed by atoms with E-state index in [1.54, 1.807) is 6.07 Å². The van der Waals surface area contributed by atoms with Gasteiger partial charge in [-0.25, -0.2) is 4.98 Å². The molecule has 2 aliphatic heterocycles. The first-order chi connectivity index (χ1) is 11.2. The number of ether oxygens (including phenoxy) is 2. The molecule has 0 saturated heterocycles. The third-order valence-corrected chi connectivity index (χ3v) is 4.26. The second kappa shape index (κ2) is 5.61. The van der Waals surface area contributed by atoms with Crippen molar-refractivity contribution >= 4 is 5.91 Å². The molecule has 0 fully saturated rings. The summed E-state index contributed by atoms with van der Waals surface area (Å²) in [6, 6.07) is 5.52. The number of amides is 1. The van der Waals surface area contributed by atoms with E-state index < -0.39 is 0 Å². The number of aromatic nitrogens is 2. The number of rotatable bonds is 2. The molecule has 1 aromatic carbocycles. The highest BCUT2D eigenvalue weighted by Crippen LogP contribution is 2.33. The molecule has 2 aliphatic rings. The number of nitrogens with zero attached hydrogens (tertiary/aromatic N) is 2. The lowest BCUT2D eigenvalue weighted by Crippen LogP contribution is -2.41. The van der Waals surface area contributed by atoms with E-state index in [1.807, 2.05) is 25.3 Å². The molecule has 0 unspecified atom stereocenters. The SMILES string of the molecule is Cc1cn2c(n1)CC[C@@H](NC(=O)c1cccc3c1OCCO3)C2. The van der Waals surface area contributed by atoms with E-state index in [9.17, 15) is 4.79 Å². The van der Waals surface area contributed by atoms with E-state index in [0.29, 0.717) is 30.3 Å². The third kappa shape index (κ3) is 2.65. The van der Waals surface area contributed by atoms with Crippen LogP contribution in [0.2, 0.25) is 0 Å². The van der Waals surface area contributed by atoms with Crippen LogP contribution in [0.25, 0.3) is 0 Å². The van der Waals surface area contributed by atoms with E-state index in [0.717, 1.165) is 30.9 Å². The topological polar surface area (TPSA) is 65.4 Å². The highest BCUT2D eigenvalue weighted by molar-refractivity contribution is 5.98. The van der Waals surface area contributed by atoms with Crippen LogP contribution in [0.15, 0.2) is 24.4 Å². The molecule has 0 spiro atoms. The number of carbonyl (C=O) groups excluding carboxylic acids is 1. The molecule has 0 radical (unpaired) electrons. The van der Waals surface area contributed by atoms with Gasteiger partial charge in [0.25, 0.3) is 5.91 Å². The first-order valence-corrected chi connectivity index (χ1v) is 7.93. The van der Waals surface area contributed by atoms with Crippen molar-refractivity contribution in [3.05, 3.63) is 41.5 Å². The van der Waals surface area contributed by atoms with Crippen LogP contribution in [0.1, 0.15) is 28.3 Å². The first-order valence-electron chi connectivity index (χ1n) is 7.93. The second-order valence-corrected chi connectivity index (χ2v) is 5.99. The smallest absolute Gasteiger partial charge is 0.255 e. The molecular weight excluding hydrogens is 294 g/mol. The summed E-state index contributed by atoms with van der Waals surface area (Å²) < 4.78 is 13.3. The highest BCUT2D eigenvalue weighted by atomic mass is 16.6. The summed E-state index contributed by atoms with van der Waals surface area (Å²) in [5.74, 6) is 2.17. The van der Waals surface area contributed by atoms with Gasteiger partial charge in [0.1, 0.15) is 19.0 Å². The number of benzene rings is 1. The van der Waals surface area contributed by atoms with Crippen molar-refractivity contribution < 1.29 is 14.3 Å². The summed E-state index contributed by atoms with van der Waals surface area (Å²) in [6.07, 6.45) is 3.81. The molecule has 2 aromatic rings. The molecule has 0 aliphatic carbocycles. The Morgan fingerprint density at radius 2 is 2.22 bits per heavy atom. The lowest BCUT2D eigenvalue weighted by molar-refractivity contribution is 0.0916. The second-order valence-electron chi connectivity index (χ2n) is 5.99. The zero-order chi connectivity index (χ0) is 15.8. The maximum Gasteiger partial charge on any atom is 0.255 e. The summed E-state index contributed by atoms with van der Waals surface area (Å²) in [7, 11) is 0. The van der Waals surface area contributed by atoms with Crippen LogP contribution in [-0.2, 0) is 13.0 Å². The predicted molar refractivity (Wildman–Crippen MR) is 84.0 cm³/mol. The van der Waals surface area contributed by atoms with Crippen molar-refractivity contribution in [1.82, 2.24) is 14.9 Å². The van der Waals surface area contributed by atoms with Gasteiger partial charge in [0, 0.05) is 25.2 Å². The van der Waals surface area contributed by atoms with Gasteiger partial charge in [0.2, 0.25) is 0 Å². The minimum absolute atomic E-state index is 0.101. The van der Waals surface area contributed by atoms with Gasteiger partial charge in [0.15, 0.2) is 11.5 Å². The molecule has 120 valence electrons. The number of nitrogens with one attached hydrogen (secondary N) is 1. The number of hydrogen-bond acceptors (Lipinski definition) is 4. The molecule has 0 bridgehead atoms. The Bertz CT molecular complexity index is 754.